The van der Waals surface area contributed by atoms with Gasteiger partial charge in [-0.3, -0.25) is 0 Å². The lowest BCUT2D eigenvalue weighted by Gasteiger charge is -2.19. The molecule has 1 aliphatic heterocycles. The molecule has 0 aromatic rings. The van der Waals surface area contributed by atoms with E-state index in [9.17, 15) is 8.42 Å². The molecule has 0 saturated carbocycles. The zero-order valence-electron chi connectivity index (χ0n) is 9.48. The van der Waals surface area contributed by atoms with E-state index in [1.165, 1.54) is 19.3 Å². The van der Waals surface area contributed by atoms with Gasteiger partial charge in [-0.05, 0) is 51.2 Å². The Labute approximate surface area is 92.9 Å². The lowest BCUT2D eigenvalue weighted by molar-refractivity contribution is 0.283. The van der Waals surface area contributed by atoms with Crippen LogP contribution in [0.4, 0.5) is 0 Å². The summed E-state index contributed by atoms with van der Waals surface area (Å²) in [4.78, 5) is 2.36. The van der Waals surface area contributed by atoms with Crippen molar-refractivity contribution in [3.05, 3.63) is 0 Å². The Balaban J connectivity index is 2.21. The van der Waals surface area contributed by atoms with Crippen LogP contribution in [0.2, 0.25) is 0 Å². The summed E-state index contributed by atoms with van der Waals surface area (Å²) in [5.41, 5.74) is 0. The summed E-state index contributed by atoms with van der Waals surface area (Å²) in [5.74, 6) is 0.923. The number of likely N-dealkylation sites (tertiary alicyclic amines) is 1. The lowest BCUT2D eigenvalue weighted by atomic mass is 10.0. The molecule has 1 rings (SSSR count). The zero-order chi connectivity index (χ0) is 11.3. The zero-order valence-corrected chi connectivity index (χ0v) is 10.3. The van der Waals surface area contributed by atoms with Gasteiger partial charge in [-0.15, -0.1) is 0 Å². The molecule has 2 N–H and O–H groups in total. The lowest BCUT2D eigenvalue weighted by Crippen LogP contribution is -2.28. The minimum atomic E-state index is -3.27. The molecule has 0 amide bonds. The van der Waals surface area contributed by atoms with E-state index in [2.05, 4.69) is 11.8 Å². The topological polar surface area (TPSA) is 63.4 Å². The van der Waals surface area contributed by atoms with Gasteiger partial charge in [-0.2, -0.15) is 0 Å². The van der Waals surface area contributed by atoms with Gasteiger partial charge >= 0.3 is 0 Å². The van der Waals surface area contributed by atoms with E-state index in [-0.39, 0.29) is 5.75 Å². The van der Waals surface area contributed by atoms with Crippen molar-refractivity contribution in [2.24, 2.45) is 11.1 Å². The van der Waals surface area contributed by atoms with Gasteiger partial charge < -0.3 is 4.90 Å². The molecule has 15 heavy (non-hydrogen) atoms. The Morgan fingerprint density at radius 1 is 1.33 bits per heavy atom. The van der Waals surface area contributed by atoms with E-state index in [1.54, 1.807) is 0 Å². The summed E-state index contributed by atoms with van der Waals surface area (Å²) in [5, 5.41) is 4.96. The SMILES string of the molecule is CC1CCCN(CCCS(N)(=O)=O)CC1. The van der Waals surface area contributed by atoms with Crippen LogP contribution in [0.15, 0.2) is 0 Å². The third-order valence-electron chi connectivity index (χ3n) is 3.01. The van der Waals surface area contributed by atoms with Gasteiger partial charge in [0.25, 0.3) is 0 Å². The summed E-state index contributed by atoms with van der Waals surface area (Å²) in [7, 11) is -3.27. The van der Waals surface area contributed by atoms with Crippen molar-refractivity contribution in [3.63, 3.8) is 0 Å². The standard InChI is InChI=1S/C10H22N2O2S/c1-10-4-2-6-12(8-5-10)7-3-9-15(11,13)14/h10H,2-9H2,1H3,(H2,11,13,14). The molecule has 0 radical (unpaired) electrons. The molecular weight excluding hydrogens is 212 g/mol. The summed E-state index contributed by atoms with van der Waals surface area (Å²) in [6.45, 7) is 5.36. The number of rotatable bonds is 4. The van der Waals surface area contributed by atoms with Crippen molar-refractivity contribution in [2.45, 2.75) is 32.6 Å². The first-order chi connectivity index (χ1) is 6.97. The van der Waals surface area contributed by atoms with Crippen LogP contribution < -0.4 is 5.14 Å². The summed E-state index contributed by atoms with van der Waals surface area (Å²) < 4.78 is 21.5. The molecule has 4 nitrogen and oxygen atoms in total. The highest BCUT2D eigenvalue weighted by molar-refractivity contribution is 7.89. The normalized spacial score (nSPS) is 25.1. The van der Waals surface area contributed by atoms with Crippen LogP contribution in [-0.4, -0.2) is 38.7 Å². The first-order valence-corrected chi connectivity index (χ1v) is 7.42. The molecule has 0 aliphatic carbocycles. The molecule has 1 unspecified atom stereocenters. The fourth-order valence-corrected chi connectivity index (χ4v) is 2.57. The maximum atomic E-state index is 10.8. The number of primary sulfonamides is 1. The van der Waals surface area contributed by atoms with Crippen molar-refractivity contribution >= 4 is 10.0 Å². The first kappa shape index (κ1) is 12.9. The Hall–Kier alpha value is -0.130. The number of hydrogen-bond acceptors (Lipinski definition) is 3. The van der Waals surface area contributed by atoms with E-state index in [0.717, 1.165) is 25.6 Å². The second-order valence-electron chi connectivity index (χ2n) is 4.60. The third kappa shape index (κ3) is 6.12. The second-order valence-corrected chi connectivity index (χ2v) is 6.33. The molecule has 5 heteroatoms. The largest absolute Gasteiger partial charge is 0.303 e. The summed E-state index contributed by atoms with van der Waals surface area (Å²) in [6.07, 6.45) is 4.42. The molecule has 1 aliphatic rings. The molecule has 0 aromatic carbocycles. The van der Waals surface area contributed by atoms with Crippen LogP contribution in [0, 0.1) is 5.92 Å². The molecule has 0 bridgehead atoms. The average molecular weight is 234 g/mol. The van der Waals surface area contributed by atoms with Gasteiger partial charge in [0.15, 0.2) is 0 Å². The van der Waals surface area contributed by atoms with Crippen molar-refractivity contribution in [1.29, 1.82) is 0 Å². The van der Waals surface area contributed by atoms with Crippen molar-refractivity contribution in [3.8, 4) is 0 Å². The predicted molar refractivity (Wildman–Crippen MR) is 62.0 cm³/mol. The van der Waals surface area contributed by atoms with E-state index in [1.807, 2.05) is 0 Å². The van der Waals surface area contributed by atoms with Crippen molar-refractivity contribution in [2.75, 3.05) is 25.4 Å². The first-order valence-electron chi connectivity index (χ1n) is 5.70. The minimum absolute atomic E-state index is 0.110. The molecule has 1 atom stereocenters. The second kappa shape index (κ2) is 5.82. The van der Waals surface area contributed by atoms with Crippen LogP contribution in [-0.2, 0) is 10.0 Å². The maximum Gasteiger partial charge on any atom is 0.209 e. The maximum absolute atomic E-state index is 10.8. The van der Waals surface area contributed by atoms with E-state index in [0.29, 0.717) is 6.42 Å². The van der Waals surface area contributed by atoms with Gasteiger partial charge in [0.1, 0.15) is 0 Å². The van der Waals surface area contributed by atoms with E-state index in [4.69, 9.17) is 5.14 Å². The van der Waals surface area contributed by atoms with Crippen LogP contribution in [0.5, 0.6) is 0 Å². The van der Waals surface area contributed by atoms with Crippen LogP contribution in [0.3, 0.4) is 0 Å². The van der Waals surface area contributed by atoms with E-state index >= 15 is 0 Å². The van der Waals surface area contributed by atoms with Crippen LogP contribution >= 0.6 is 0 Å². The number of sulfonamides is 1. The number of nitrogens with two attached hydrogens (primary N) is 1. The van der Waals surface area contributed by atoms with E-state index < -0.39 is 10.0 Å². The Kier molecular flexibility index (Phi) is 5.02. The van der Waals surface area contributed by atoms with Gasteiger partial charge in [0.2, 0.25) is 10.0 Å². The number of nitrogens with zero attached hydrogens (tertiary/aromatic N) is 1. The highest BCUT2D eigenvalue weighted by atomic mass is 32.2. The Morgan fingerprint density at radius 2 is 2.07 bits per heavy atom. The molecular formula is C10H22N2O2S. The highest BCUT2D eigenvalue weighted by Crippen LogP contribution is 2.16. The molecule has 0 spiro atoms. The van der Waals surface area contributed by atoms with Gasteiger partial charge in [-0.25, -0.2) is 13.6 Å². The number of hydrogen-bond donors (Lipinski definition) is 1. The van der Waals surface area contributed by atoms with Gasteiger partial charge in [-0.1, -0.05) is 6.92 Å². The molecule has 1 saturated heterocycles. The fraction of sp³-hybridized carbons (Fsp3) is 1.00. The summed E-state index contributed by atoms with van der Waals surface area (Å²) in [6, 6.07) is 0. The monoisotopic (exact) mass is 234 g/mol. The fourth-order valence-electron chi connectivity index (χ4n) is 2.04. The van der Waals surface area contributed by atoms with Crippen molar-refractivity contribution < 1.29 is 8.42 Å². The predicted octanol–water partition coefficient (Wildman–Crippen LogP) is 0.787. The quantitative estimate of drug-likeness (QED) is 0.782. The average Bonchev–Trinajstić information content (AvgIpc) is 2.29. The van der Waals surface area contributed by atoms with Gasteiger partial charge in [0.05, 0.1) is 5.75 Å². The minimum Gasteiger partial charge on any atom is -0.303 e. The van der Waals surface area contributed by atoms with Crippen LogP contribution in [0.25, 0.3) is 0 Å². The van der Waals surface area contributed by atoms with Crippen LogP contribution in [0.1, 0.15) is 32.6 Å². The molecule has 1 heterocycles. The molecule has 1 fully saturated rings. The Bertz CT molecular complexity index is 277. The molecule has 0 aromatic heterocycles. The third-order valence-corrected chi connectivity index (χ3v) is 3.87. The Morgan fingerprint density at radius 3 is 2.73 bits per heavy atom. The van der Waals surface area contributed by atoms with Crippen molar-refractivity contribution in [1.82, 2.24) is 4.90 Å². The smallest absolute Gasteiger partial charge is 0.209 e. The van der Waals surface area contributed by atoms with Gasteiger partial charge in [0, 0.05) is 0 Å². The highest BCUT2D eigenvalue weighted by Gasteiger charge is 2.13. The summed E-state index contributed by atoms with van der Waals surface area (Å²) >= 11 is 0. The molecule has 90 valence electrons.